The van der Waals surface area contributed by atoms with Crippen molar-refractivity contribution in [3.05, 3.63) is 52.8 Å². The Balaban J connectivity index is 1.55. The van der Waals surface area contributed by atoms with Gasteiger partial charge in [0, 0.05) is 29.7 Å². The third-order valence-electron chi connectivity index (χ3n) is 4.35. The van der Waals surface area contributed by atoms with Gasteiger partial charge in [0.25, 0.3) is 5.91 Å². The van der Waals surface area contributed by atoms with Crippen LogP contribution in [0.15, 0.2) is 35.7 Å². The van der Waals surface area contributed by atoms with Gasteiger partial charge < -0.3 is 10.1 Å². The number of carbonyl (C=O) groups excluding carboxylic acids is 1. The van der Waals surface area contributed by atoms with Crippen LogP contribution in [-0.4, -0.2) is 33.8 Å². The predicted octanol–water partition coefficient (Wildman–Crippen LogP) is 4.09. The number of amides is 1. The lowest BCUT2D eigenvalue weighted by molar-refractivity contribution is 0.0942. The first kappa shape index (κ1) is 20.1. The van der Waals surface area contributed by atoms with Crippen LogP contribution in [0.5, 0.6) is 5.75 Å². The zero-order valence-corrected chi connectivity index (χ0v) is 17.5. The van der Waals surface area contributed by atoms with Crippen LogP contribution in [0.1, 0.15) is 35.7 Å². The van der Waals surface area contributed by atoms with Crippen molar-refractivity contribution in [2.24, 2.45) is 5.92 Å². The highest BCUT2D eigenvalue weighted by Gasteiger charge is 2.14. The molecule has 0 aliphatic heterocycles. The van der Waals surface area contributed by atoms with E-state index < -0.39 is 0 Å². The van der Waals surface area contributed by atoms with E-state index in [9.17, 15) is 4.79 Å². The van der Waals surface area contributed by atoms with E-state index in [1.807, 2.05) is 49.7 Å². The maximum Gasteiger partial charge on any atom is 0.270 e. The minimum Gasteiger partial charge on any atom is -0.494 e. The molecular formula is C21H26N4O2S. The van der Waals surface area contributed by atoms with E-state index in [2.05, 4.69) is 28.4 Å². The highest BCUT2D eigenvalue weighted by Crippen LogP contribution is 2.25. The summed E-state index contributed by atoms with van der Waals surface area (Å²) in [7, 11) is 0. The summed E-state index contributed by atoms with van der Waals surface area (Å²) in [6.45, 7) is 10.1. The molecule has 0 aliphatic carbocycles. The molecule has 3 aromatic rings. The first-order valence-electron chi connectivity index (χ1n) is 9.44. The highest BCUT2D eigenvalue weighted by atomic mass is 32.1. The quantitative estimate of drug-likeness (QED) is 0.621. The summed E-state index contributed by atoms with van der Waals surface area (Å²) < 4.78 is 7.44. The Bertz CT molecular complexity index is 930. The second-order valence-electron chi connectivity index (χ2n) is 6.92. The van der Waals surface area contributed by atoms with Crippen molar-refractivity contribution in [3.63, 3.8) is 0 Å². The van der Waals surface area contributed by atoms with Gasteiger partial charge in [-0.1, -0.05) is 6.92 Å². The van der Waals surface area contributed by atoms with Gasteiger partial charge in [-0.05, 0) is 57.0 Å². The molecule has 2 aromatic heterocycles. The molecule has 0 spiro atoms. The van der Waals surface area contributed by atoms with E-state index >= 15 is 0 Å². The molecule has 7 heteroatoms. The van der Waals surface area contributed by atoms with Crippen LogP contribution in [0.3, 0.4) is 0 Å². The number of nitrogens with zero attached hydrogens (tertiary/aromatic N) is 3. The lowest BCUT2D eigenvalue weighted by Gasteiger charge is -2.13. The fraction of sp³-hybridized carbons (Fsp3) is 0.381. The Morgan fingerprint density at radius 2 is 2.04 bits per heavy atom. The number of ether oxygens (including phenoxy) is 1. The van der Waals surface area contributed by atoms with Crippen LogP contribution in [0.25, 0.3) is 10.6 Å². The van der Waals surface area contributed by atoms with Gasteiger partial charge in [-0.3, -0.25) is 9.48 Å². The van der Waals surface area contributed by atoms with Gasteiger partial charge in [0.1, 0.15) is 16.5 Å². The van der Waals surface area contributed by atoms with Crippen LogP contribution in [0, 0.1) is 19.8 Å². The molecule has 3 rings (SSSR count). The summed E-state index contributed by atoms with van der Waals surface area (Å²) in [5, 5.41) is 10.1. The third kappa shape index (κ3) is 4.98. The fourth-order valence-electron chi connectivity index (χ4n) is 2.95. The fourth-order valence-corrected chi connectivity index (χ4v) is 3.75. The number of hydrogen-bond donors (Lipinski definition) is 1. The summed E-state index contributed by atoms with van der Waals surface area (Å²) in [5.74, 6) is 0.956. The van der Waals surface area contributed by atoms with Crippen molar-refractivity contribution in [1.82, 2.24) is 20.1 Å². The van der Waals surface area contributed by atoms with Gasteiger partial charge >= 0.3 is 0 Å². The zero-order chi connectivity index (χ0) is 20.1. The number of aromatic nitrogens is 3. The summed E-state index contributed by atoms with van der Waals surface area (Å²) in [5.41, 5.74) is 3.57. The Kier molecular flexibility index (Phi) is 6.46. The van der Waals surface area contributed by atoms with Crippen LogP contribution in [-0.2, 0) is 6.54 Å². The molecule has 1 unspecified atom stereocenters. The molecule has 6 nitrogen and oxygen atoms in total. The average molecular weight is 399 g/mol. The number of benzene rings is 1. The van der Waals surface area contributed by atoms with E-state index in [4.69, 9.17) is 4.74 Å². The molecule has 0 radical (unpaired) electrons. The number of nitrogens with one attached hydrogen (secondary N) is 1. The van der Waals surface area contributed by atoms with E-state index in [1.54, 1.807) is 5.38 Å². The van der Waals surface area contributed by atoms with Gasteiger partial charge in [-0.15, -0.1) is 11.3 Å². The SMILES string of the molecule is CCOc1ccc(-c2nc(C(=O)NCC(C)Cn3nc(C)cc3C)cs2)cc1. The molecule has 1 aromatic carbocycles. The van der Waals surface area contributed by atoms with Crippen molar-refractivity contribution >= 4 is 17.2 Å². The maximum absolute atomic E-state index is 12.4. The maximum atomic E-state index is 12.4. The topological polar surface area (TPSA) is 69.0 Å². The van der Waals surface area contributed by atoms with Crippen LogP contribution < -0.4 is 10.1 Å². The molecule has 0 saturated carbocycles. The number of aryl methyl sites for hydroxylation is 2. The highest BCUT2D eigenvalue weighted by molar-refractivity contribution is 7.13. The van der Waals surface area contributed by atoms with E-state index in [1.165, 1.54) is 11.3 Å². The molecule has 1 amide bonds. The third-order valence-corrected chi connectivity index (χ3v) is 5.24. The molecule has 0 aliphatic rings. The molecule has 1 N–H and O–H groups in total. The Morgan fingerprint density at radius 1 is 1.29 bits per heavy atom. The molecule has 0 fully saturated rings. The van der Waals surface area contributed by atoms with Gasteiger partial charge in [-0.2, -0.15) is 5.10 Å². The summed E-state index contributed by atoms with van der Waals surface area (Å²) in [6.07, 6.45) is 0. The number of rotatable bonds is 8. The first-order chi connectivity index (χ1) is 13.5. The second kappa shape index (κ2) is 9.01. The minimum absolute atomic E-state index is 0.145. The molecule has 1 atom stereocenters. The average Bonchev–Trinajstić information content (AvgIpc) is 3.27. The minimum atomic E-state index is -0.145. The lowest BCUT2D eigenvalue weighted by atomic mass is 10.2. The first-order valence-corrected chi connectivity index (χ1v) is 10.3. The van der Waals surface area contributed by atoms with E-state index in [0.29, 0.717) is 18.8 Å². The monoisotopic (exact) mass is 398 g/mol. The summed E-state index contributed by atoms with van der Waals surface area (Å²) in [4.78, 5) is 16.9. The smallest absolute Gasteiger partial charge is 0.270 e. The van der Waals surface area contributed by atoms with Crippen molar-refractivity contribution in [1.29, 1.82) is 0 Å². The van der Waals surface area contributed by atoms with E-state index in [-0.39, 0.29) is 11.8 Å². The predicted molar refractivity (Wildman–Crippen MR) is 112 cm³/mol. The normalized spacial score (nSPS) is 12.0. The van der Waals surface area contributed by atoms with Crippen molar-refractivity contribution < 1.29 is 9.53 Å². The molecule has 0 saturated heterocycles. The number of hydrogen-bond acceptors (Lipinski definition) is 5. The lowest BCUT2D eigenvalue weighted by Crippen LogP contribution is -2.30. The largest absolute Gasteiger partial charge is 0.494 e. The van der Waals surface area contributed by atoms with Crippen LogP contribution in [0.2, 0.25) is 0 Å². The van der Waals surface area contributed by atoms with Gasteiger partial charge in [-0.25, -0.2) is 4.98 Å². The molecule has 28 heavy (non-hydrogen) atoms. The Labute approximate surface area is 169 Å². The van der Waals surface area contributed by atoms with Gasteiger partial charge in [0.05, 0.1) is 12.3 Å². The standard InChI is InChI=1S/C21H26N4O2S/c1-5-27-18-8-6-17(7-9-18)21-23-19(13-28-21)20(26)22-11-14(2)12-25-16(4)10-15(3)24-25/h6-10,13-14H,5,11-12H2,1-4H3,(H,22,26). The summed E-state index contributed by atoms with van der Waals surface area (Å²) in [6, 6.07) is 9.81. The van der Waals surface area contributed by atoms with Crippen LogP contribution in [0.4, 0.5) is 0 Å². The number of thiazole rings is 1. The second-order valence-corrected chi connectivity index (χ2v) is 7.78. The molecule has 2 heterocycles. The van der Waals surface area contributed by atoms with Crippen molar-refractivity contribution in [2.75, 3.05) is 13.2 Å². The van der Waals surface area contributed by atoms with Crippen molar-refractivity contribution in [2.45, 2.75) is 34.2 Å². The number of carbonyl (C=O) groups is 1. The van der Waals surface area contributed by atoms with Gasteiger partial charge in [0.15, 0.2) is 0 Å². The van der Waals surface area contributed by atoms with Gasteiger partial charge in [0.2, 0.25) is 0 Å². The Morgan fingerprint density at radius 3 is 2.68 bits per heavy atom. The molecular weight excluding hydrogens is 372 g/mol. The van der Waals surface area contributed by atoms with Crippen LogP contribution >= 0.6 is 11.3 Å². The van der Waals surface area contributed by atoms with E-state index in [0.717, 1.165) is 34.3 Å². The zero-order valence-electron chi connectivity index (χ0n) is 16.7. The molecule has 0 bridgehead atoms. The Hall–Kier alpha value is -2.67. The summed E-state index contributed by atoms with van der Waals surface area (Å²) >= 11 is 1.46. The van der Waals surface area contributed by atoms with Crippen molar-refractivity contribution in [3.8, 4) is 16.3 Å². The molecule has 148 valence electrons.